The van der Waals surface area contributed by atoms with Crippen molar-refractivity contribution in [3.63, 3.8) is 0 Å². The van der Waals surface area contributed by atoms with E-state index in [2.05, 4.69) is 15.3 Å². The van der Waals surface area contributed by atoms with E-state index in [0.29, 0.717) is 16.7 Å². The third-order valence-corrected chi connectivity index (χ3v) is 3.70. The largest absolute Gasteiger partial charge is 0.382 e. The highest BCUT2D eigenvalue weighted by Gasteiger charge is 2.20. The maximum absolute atomic E-state index is 6.07. The topological polar surface area (TPSA) is 95.6 Å². The van der Waals surface area contributed by atoms with Crippen molar-refractivity contribution in [1.29, 1.82) is 0 Å². The Balaban J connectivity index is 2.14. The average molecular weight is 302 g/mol. The molecule has 0 saturated carbocycles. The van der Waals surface area contributed by atoms with E-state index in [4.69, 9.17) is 11.5 Å². The van der Waals surface area contributed by atoms with Crippen LogP contribution < -0.4 is 11.5 Å². The summed E-state index contributed by atoms with van der Waals surface area (Å²) in [4.78, 5) is 0. The first-order valence-corrected chi connectivity index (χ1v) is 7.17. The molecule has 0 spiro atoms. The van der Waals surface area contributed by atoms with Gasteiger partial charge in [-0.3, -0.25) is 0 Å². The molecule has 0 radical (unpaired) electrons. The highest BCUT2D eigenvalue weighted by molar-refractivity contribution is 6.04. The summed E-state index contributed by atoms with van der Waals surface area (Å²) >= 11 is 0. The van der Waals surface area contributed by atoms with Gasteiger partial charge in [0.05, 0.1) is 16.8 Å². The molecule has 0 fully saturated rings. The first-order chi connectivity index (χ1) is 11.3. The van der Waals surface area contributed by atoms with Crippen LogP contribution in [0.5, 0.6) is 0 Å². The number of rotatable bonds is 2. The Bertz CT molecular complexity index is 976. The first kappa shape index (κ1) is 13.3. The van der Waals surface area contributed by atoms with Gasteiger partial charge in [0.15, 0.2) is 11.6 Å². The molecule has 23 heavy (non-hydrogen) atoms. The van der Waals surface area contributed by atoms with E-state index in [-0.39, 0.29) is 5.82 Å². The Hall–Kier alpha value is -3.41. The smallest absolute Gasteiger partial charge is 0.174 e. The maximum Gasteiger partial charge on any atom is 0.174 e. The lowest BCUT2D eigenvalue weighted by Crippen LogP contribution is -1.99. The molecule has 0 atom stereocenters. The minimum atomic E-state index is 0.265. The molecule has 2 heterocycles. The molecular formula is C17H14N6. The van der Waals surface area contributed by atoms with Gasteiger partial charge in [-0.25, -0.2) is 4.68 Å². The minimum absolute atomic E-state index is 0.265. The number of nitrogens with two attached hydrogens (primary N) is 2. The molecule has 112 valence electrons. The Morgan fingerprint density at radius 2 is 1.35 bits per heavy atom. The van der Waals surface area contributed by atoms with Gasteiger partial charge in [-0.2, -0.15) is 5.10 Å². The fourth-order valence-electron chi connectivity index (χ4n) is 2.66. The zero-order valence-corrected chi connectivity index (χ0v) is 12.2. The van der Waals surface area contributed by atoms with E-state index in [0.717, 1.165) is 16.9 Å². The first-order valence-electron chi connectivity index (χ1n) is 7.17. The van der Waals surface area contributed by atoms with Gasteiger partial charge >= 0.3 is 0 Å². The second kappa shape index (κ2) is 5.10. The van der Waals surface area contributed by atoms with Crippen molar-refractivity contribution in [3.8, 4) is 16.9 Å². The number of fused-ring (bicyclic) bond motifs is 1. The number of nitrogen functional groups attached to an aromatic ring is 2. The van der Waals surface area contributed by atoms with Crippen LogP contribution in [0.2, 0.25) is 0 Å². The highest BCUT2D eigenvalue weighted by atomic mass is 15.3. The Morgan fingerprint density at radius 1 is 0.739 bits per heavy atom. The molecule has 6 nitrogen and oxygen atoms in total. The number of para-hydroxylation sites is 1. The van der Waals surface area contributed by atoms with Crippen LogP contribution in [0.25, 0.3) is 27.8 Å². The molecule has 0 aliphatic carbocycles. The average Bonchev–Trinajstić information content (AvgIpc) is 3.02. The third kappa shape index (κ3) is 2.08. The Kier molecular flexibility index (Phi) is 2.94. The predicted molar refractivity (Wildman–Crippen MR) is 90.9 cm³/mol. The number of nitrogens with zero attached hydrogens (tertiary/aromatic N) is 4. The molecule has 6 heteroatoms. The van der Waals surface area contributed by atoms with Crippen LogP contribution in [-0.4, -0.2) is 20.0 Å². The van der Waals surface area contributed by atoms with Crippen molar-refractivity contribution in [2.75, 3.05) is 11.5 Å². The quantitative estimate of drug-likeness (QED) is 0.593. The molecule has 0 aliphatic heterocycles. The van der Waals surface area contributed by atoms with E-state index in [9.17, 15) is 0 Å². The van der Waals surface area contributed by atoms with Gasteiger partial charge in [-0.1, -0.05) is 48.5 Å². The molecule has 0 unspecified atom stereocenters. The Morgan fingerprint density at radius 3 is 2.04 bits per heavy atom. The normalized spacial score (nSPS) is 11.0. The molecule has 0 aliphatic rings. The van der Waals surface area contributed by atoms with Crippen LogP contribution in [0.15, 0.2) is 60.7 Å². The molecule has 4 rings (SSSR count). The second-order valence-electron chi connectivity index (χ2n) is 5.16. The molecule has 0 amide bonds. The minimum Gasteiger partial charge on any atom is -0.382 e. The number of hydrogen-bond acceptors (Lipinski definition) is 5. The van der Waals surface area contributed by atoms with Crippen molar-refractivity contribution in [1.82, 2.24) is 20.0 Å². The zero-order chi connectivity index (χ0) is 15.8. The van der Waals surface area contributed by atoms with Gasteiger partial charge in [0.1, 0.15) is 5.52 Å². The van der Waals surface area contributed by atoms with Gasteiger partial charge in [0.25, 0.3) is 0 Å². The lowest BCUT2D eigenvalue weighted by Gasteiger charge is -2.08. The molecule has 0 saturated heterocycles. The lowest BCUT2D eigenvalue weighted by molar-refractivity contribution is 0.903. The molecule has 0 bridgehead atoms. The van der Waals surface area contributed by atoms with Crippen LogP contribution in [-0.2, 0) is 0 Å². The second-order valence-corrected chi connectivity index (χ2v) is 5.16. The van der Waals surface area contributed by atoms with Gasteiger partial charge in [0, 0.05) is 5.56 Å². The van der Waals surface area contributed by atoms with Gasteiger partial charge in [-0.05, 0) is 12.1 Å². The summed E-state index contributed by atoms with van der Waals surface area (Å²) in [6.45, 7) is 0. The van der Waals surface area contributed by atoms with Crippen LogP contribution in [0.1, 0.15) is 0 Å². The fraction of sp³-hybridized carbons (Fsp3) is 0. The van der Waals surface area contributed by atoms with E-state index in [1.54, 1.807) is 0 Å². The SMILES string of the molecule is Nc1nnc(N)c2c(-c3ccccc3)n(-c3ccccc3)nc12. The lowest BCUT2D eigenvalue weighted by atomic mass is 10.1. The van der Waals surface area contributed by atoms with Crippen molar-refractivity contribution in [2.45, 2.75) is 0 Å². The van der Waals surface area contributed by atoms with Gasteiger partial charge in [0.2, 0.25) is 0 Å². The number of benzene rings is 2. The number of anilines is 2. The summed E-state index contributed by atoms with van der Waals surface area (Å²) in [7, 11) is 0. The predicted octanol–water partition coefficient (Wildman–Crippen LogP) is 2.65. The summed E-state index contributed by atoms with van der Waals surface area (Å²) in [5.74, 6) is 0.580. The molecule has 4 aromatic rings. The monoisotopic (exact) mass is 302 g/mol. The van der Waals surface area contributed by atoms with E-state index < -0.39 is 0 Å². The van der Waals surface area contributed by atoms with Crippen LogP contribution in [0, 0.1) is 0 Å². The zero-order valence-electron chi connectivity index (χ0n) is 12.2. The van der Waals surface area contributed by atoms with Crippen LogP contribution in [0.4, 0.5) is 11.6 Å². The van der Waals surface area contributed by atoms with Crippen molar-refractivity contribution >= 4 is 22.5 Å². The number of aromatic nitrogens is 4. The summed E-state index contributed by atoms with van der Waals surface area (Å²) in [5.41, 5.74) is 15.3. The van der Waals surface area contributed by atoms with Gasteiger partial charge < -0.3 is 11.5 Å². The molecule has 2 aromatic heterocycles. The summed E-state index contributed by atoms with van der Waals surface area (Å²) in [5, 5.41) is 13.2. The molecular weight excluding hydrogens is 288 g/mol. The summed E-state index contributed by atoms with van der Waals surface area (Å²) < 4.78 is 1.83. The fourth-order valence-corrected chi connectivity index (χ4v) is 2.66. The van der Waals surface area contributed by atoms with Crippen LogP contribution in [0.3, 0.4) is 0 Å². The summed E-state index contributed by atoms with van der Waals surface area (Å²) in [6.07, 6.45) is 0. The maximum atomic E-state index is 6.07. The summed E-state index contributed by atoms with van der Waals surface area (Å²) in [6, 6.07) is 19.7. The highest BCUT2D eigenvalue weighted by Crippen LogP contribution is 2.35. The Labute approximate surface area is 132 Å². The molecule has 2 aromatic carbocycles. The van der Waals surface area contributed by atoms with Crippen molar-refractivity contribution in [3.05, 3.63) is 60.7 Å². The van der Waals surface area contributed by atoms with E-state index >= 15 is 0 Å². The van der Waals surface area contributed by atoms with Gasteiger partial charge in [-0.15, -0.1) is 10.2 Å². The van der Waals surface area contributed by atoms with E-state index in [1.807, 2.05) is 65.3 Å². The molecule has 4 N–H and O–H groups in total. The third-order valence-electron chi connectivity index (χ3n) is 3.70. The van der Waals surface area contributed by atoms with Crippen molar-refractivity contribution < 1.29 is 0 Å². The standard InChI is InChI=1S/C17H14N6/c18-16-13-14(17(19)21-20-16)22-23(12-9-5-2-6-10-12)15(13)11-7-3-1-4-8-11/h1-10H,(H2,18,20)(H2,19,21). The van der Waals surface area contributed by atoms with Crippen molar-refractivity contribution in [2.24, 2.45) is 0 Å². The van der Waals surface area contributed by atoms with E-state index in [1.165, 1.54) is 0 Å². The number of hydrogen-bond donors (Lipinski definition) is 2. The van der Waals surface area contributed by atoms with Crippen LogP contribution >= 0.6 is 0 Å².